The average Bonchev–Trinajstić information content (AvgIpc) is 3.05. The molecule has 3 fully saturated rings. The number of carbonyl (C=O) groups excluding carboxylic acids is 1. The van der Waals surface area contributed by atoms with Crippen LogP contribution in [0.25, 0.3) is 0 Å². The van der Waals surface area contributed by atoms with E-state index in [2.05, 4.69) is 24.1 Å². The zero-order valence-electron chi connectivity index (χ0n) is 10.3. The molecule has 0 radical (unpaired) electrons. The number of nitrogens with one attached hydrogen (secondary N) is 1. The lowest BCUT2D eigenvalue weighted by Crippen LogP contribution is -2.69. The van der Waals surface area contributed by atoms with Crippen molar-refractivity contribution in [2.24, 2.45) is 11.3 Å². The first-order chi connectivity index (χ1) is 7.72. The summed E-state index contributed by atoms with van der Waals surface area (Å²) in [6.45, 7) is 6.49. The number of piperazine rings is 1. The van der Waals surface area contributed by atoms with E-state index in [1.165, 1.54) is 19.3 Å². The lowest BCUT2D eigenvalue weighted by atomic mass is 9.87. The molecule has 2 saturated heterocycles. The Bertz CT molecular complexity index is 297. The summed E-state index contributed by atoms with van der Waals surface area (Å²) in [6.07, 6.45) is 4.71. The van der Waals surface area contributed by atoms with Crippen LogP contribution in [-0.4, -0.2) is 36.0 Å². The van der Waals surface area contributed by atoms with Crippen LogP contribution in [0.4, 0.5) is 0 Å². The molecule has 16 heavy (non-hydrogen) atoms. The van der Waals surface area contributed by atoms with E-state index >= 15 is 0 Å². The van der Waals surface area contributed by atoms with Gasteiger partial charge in [-0.25, -0.2) is 0 Å². The number of fused-ring (bicyclic) bond motifs is 2. The van der Waals surface area contributed by atoms with Gasteiger partial charge in [-0.2, -0.15) is 0 Å². The van der Waals surface area contributed by atoms with E-state index < -0.39 is 0 Å². The molecule has 0 aromatic heterocycles. The second kappa shape index (κ2) is 3.46. The Morgan fingerprint density at radius 1 is 1.31 bits per heavy atom. The number of piperidine rings is 1. The molecule has 1 saturated carbocycles. The van der Waals surface area contributed by atoms with Crippen molar-refractivity contribution in [2.45, 2.75) is 51.6 Å². The van der Waals surface area contributed by atoms with Gasteiger partial charge in [-0.15, -0.1) is 0 Å². The Labute approximate surface area is 97.6 Å². The molecule has 0 aromatic rings. The number of nitrogens with zero attached hydrogens (tertiary/aromatic N) is 1. The first-order valence-corrected chi connectivity index (χ1v) is 6.74. The van der Waals surface area contributed by atoms with Crippen LogP contribution in [0.2, 0.25) is 0 Å². The van der Waals surface area contributed by atoms with Crippen molar-refractivity contribution in [3.05, 3.63) is 0 Å². The SMILES string of the molecule is CCC1(CC)CC1C(=O)N1C2CNCC1C2. The van der Waals surface area contributed by atoms with Crippen molar-refractivity contribution in [1.82, 2.24) is 10.2 Å². The first kappa shape index (κ1) is 10.6. The molecule has 2 heterocycles. The number of rotatable bonds is 3. The standard InChI is InChI=1S/C13H22N2O/c1-3-13(4-2)6-11(13)12(16)15-9-5-10(15)8-14-7-9/h9-11,14H,3-8H2,1-2H3. The molecule has 2 aliphatic heterocycles. The van der Waals surface area contributed by atoms with Gasteiger partial charge >= 0.3 is 0 Å². The largest absolute Gasteiger partial charge is 0.334 e. The predicted octanol–water partition coefficient (Wildman–Crippen LogP) is 1.39. The van der Waals surface area contributed by atoms with Gasteiger partial charge in [0.25, 0.3) is 0 Å². The van der Waals surface area contributed by atoms with Crippen LogP contribution in [0.3, 0.4) is 0 Å². The second-order valence-electron chi connectivity index (χ2n) is 5.77. The van der Waals surface area contributed by atoms with Crippen molar-refractivity contribution < 1.29 is 4.79 Å². The minimum absolute atomic E-state index is 0.353. The molecule has 1 aliphatic carbocycles. The minimum Gasteiger partial charge on any atom is -0.334 e. The fourth-order valence-corrected chi connectivity index (χ4v) is 3.75. The fourth-order valence-electron chi connectivity index (χ4n) is 3.75. The maximum atomic E-state index is 12.4. The first-order valence-electron chi connectivity index (χ1n) is 6.74. The topological polar surface area (TPSA) is 32.3 Å². The highest BCUT2D eigenvalue weighted by molar-refractivity contribution is 5.84. The Morgan fingerprint density at radius 2 is 1.94 bits per heavy atom. The maximum Gasteiger partial charge on any atom is 0.226 e. The predicted molar refractivity (Wildman–Crippen MR) is 63.0 cm³/mol. The van der Waals surface area contributed by atoms with Crippen LogP contribution in [0.15, 0.2) is 0 Å². The Hall–Kier alpha value is -0.570. The highest BCUT2D eigenvalue weighted by Gasteiger charge is 2.59. The van der Waals surface area contributed by atoms with Crippen molar-refractivity contribution >= 4 is 5.91 Å². The molecular weight excluding hydrogens is 200 g/mol. The second-order valence-corrected chi connectivity index (χ2v) is 5.77. The Balaban J connectivity index is 1.67. The smallest absolute Gasteiger partial charge is 0.226 e. The molecule has 1 amide bonds. The Kier molecular flexibility index (Phi) is 2.29. The summed E-state index contributed by atoms with van der Waals surface area (Å²) in [4.78, 5) is 14.6. The third kappa shape index (κ3) is 1.27. The summed E-state index contributed by atoms with van der Waals surface area (Å²) in [5, 5.41) is 3.38. The monoisotopic (exact) mass is 222 g/mol. The summed E-state index contributed by atoms with van der Waals surface area (Å²) in [7, 11) is 0. The van der Waals surface area contributed by atoms with Crippen molar-refractivity contribution in [2.75, 3.05) is 13.1 Å². The normalized spacial score (nSPS) is 39.1. The van der Waals surface area contributed by atoms with Gasteiger partial charge in [0.05, 0.1) is 0 Å². The van der Waals surface area contributed by atoms with Gasteiger partial charge < -0.3 is 10.2 Å². The van der Waals surface area contributed by atoms with Crippen molar-refractivity contribution in [3.8, 4) is 0 Å². The molecule has 3 aliphatic rings. The summed E-state index contributed by atoms with van der Waals surface area (Å²) in [6, 6.07) is 1.02. The van der Waals surface area contributed by atoms with Gasteiger partial charge in [-0.1, -0.05) is 13.8 Å². The minimum atomic E-state index is 0.353. The van der Waals surface area contributed by atoms with Crippen LogP contribution in [-0.2, 0) is 4.79 Å². The van der Waals surface area contributed by atoms with E-state index in [0.717, 1.165) is 19.5 Å². The molecule has 3 atom stereocenters. The lowest BCUT2D eigenvalue weighted by Gasteiger charge is -2.53. The van der Waals surface area contributed by atoms with Crippen LogP contribution < -0.4 is 5.32 Å². The van der Waals surface area contributed by atoms with E-state index in [1.54, 1.807) is 0 Å². The highest BCUT2D eigenvalue weighted by atomic mass is 16.2. The number of hydrogen-bond acceptors (Lipinski definition) is 2. The van der Waals surface area contributed by atoms with Gasteiger partial charge in [0.15, 0.2) is 0 Å². The van der Waals surface area contributed by atoms with E-state index in [1.807, 2.05) is 0 Å². The molecule has 2 bridgehead atoms. The van der Waals surface area contributed by atoms with Gasteiger partial charge in [-0.3, -0.25) is 4.79 Å². The van der Waals surface area contributed by atoms with Gasteiger partial charge in [0.2, 0.25) is 5.91 Å². The van der Waals surface area contributed by atoms with E-state index in [0.29, 0.717) is 29.3 Å². The van der Waals surface area contributed by atoms with E-state index in [9.17, 15) is 4.79 Å². The van der Waals surface area contributed by atoms with Crippen LogP contribution in [0.1, 0.15) is 39.5 Å². The molecule has 3 rings (SSSR count). The molecule has 3 heteroatoms. The molecular formula is C13H22N2O. The highest BCUT2D eigenvalue weighted by Crippen LogP contribution is 2.59. The number of amides is 1. The van der Waals surface area contributed by atoms with E-state index in [4.69, 9.17) is 0 Å². The van der Waals surface area contributed by atoms with Crippen molar-refractivity contribution in [3.63, 3.8) is 0 Å². The molecule has 0 aromatic carbocycles. The van der Waals surface area contributed by atoms with Gasteiger partial charge in [-0.05, 0) is 31.1 Å². The number of carbonyl (C=O) groups is 1. The Morgan fingerprint density at radius 3 is 2.38 bits per heavy atom. The van der Waals surface area contributed by atoms with Gasteiger partial charge in [0, 0.05) is 31.1 Å². The summed E-state index contributed by atoms with van der Waals surface area (Å²) in [5.41, 5.74) is 0.369. The third-order valence-electron chi connectivity index (χ3n) is 5.24. The van der Waals surface area contributed by atoms with E-state index in [-0.39, 0.29) is 0 Å². The zero-order chi connectivity index (χ0) is 11.3. The quantitative estimate of drug-likeness (QED) is 0.782. The summed E-state index contributed by atoms with van der Waals surface area (Å²) < 4.78 is 0. The summed E-state index contributed by atoms with van der Waals surface area (Å²) in [5.74, 6) is 0.817. The third-order valence-corrected chi connectivity index (χ3v) is 5.24. The fraction of sp³-hybridized carbons (Fsp3) is 0.923. The lowest BCUT2D eigenvalue weighted by molar-refractivity contribution is -0.149. The average molecular weight is 222 g/mol. The molecule has 3 unspecified atom stereocenters. The van der Waals surface area contributed by atoms with Crippen molar-refractivity contribution in [1.29, 1.82) is 0 Å². The maximum absolute atomic E-state index is 12.4. The summed E-state index contributed by atoms with van der Waals surface area (Å²) >= 11 is 0. The van der Waals surface area contributed by atoms with Crippen LogP contribution in [0, 0.1) is 11.3 Å². The zero-order valence-corrected chi connectivity index (χ0v) is 10.3. The molecule has 0 spiro atoms. The molecule has 3 nitrogen and oxygen atoms in total. The molecule has 90 valence electrons. The van der Waals surface area contributed by atoms with Gasteiger partial charge in [0.1, 0.15) is 0 Å². The van der Waals surface area contributed by atoms with Crippen LogP contribution >= 0.6 is 0 Å². The number of hydrogen-bond donors (Lipinski definition) is 1. The molecule has 1 N–H and O–H groups in total. The van der Waals surface area contributed by atoms with Crippen LogP contribution in [0.5, 0.6) is 0 Å².